The Labute approximate surface area is 128 Å². The molecule has 5 heteroatoms. The van der Waals surface area contributed by atoms with Crippen molar-refractivity contribution < 1.29 is 4.79 Å². The summed E-state index contributed by atoms with van der Waals surface area (Å²) < 4.78 is 0. The summed E-state index contributed by atoms with van der Waals surface area (Å²) >= 11 is 1.55. The number of rotatable bonds is 5. The van der Waals surface area contributed by atoms with Crippen LogP contribution in [0.1, 0.15) is 29.7 Å². The van der Waals surface area contributed by atoms with Gasteiger partial charge in [-0.25, -0.2) is 4.98 Å². The van der Waals surface area contributed by atoms with Crippen LogP contribution in [0.15, 0.2) is 36.5 Å². The second kappa shape index (κ2) is 6.83. The Bertz CT molecular complexity index is 591. The van der Waals surface area contributed by atoms with Gasteiger partial charge in [0, 0.05) is 30.0 Å². The zero-order valence-corrected chi connectivity index (χ0v) is 12.7. The van der Waals surface area contributed by atoms with Gasteiger partial charge < -0.3 is 10.6 Å². The van der Waals surface area contributed by atoms with Crippen molar-refractivity contribution in [3.8, 4) is 0 Å². The molecule has 4 nitrogen and oxygen atoms in total. The van der Waals surface area contributed by atoms with E-state index in [1.807, 2.05) is 24.4 Å². The molecule has 0 spiro atoms. The minimum Gasteiger partial charge on any atom is -0.313 e. The predicted molar refractivity (Wildman–Crippen MR) is 85.6 cm³/mol. The van der Waals surface area contributed by atoms with Gasteiger partial charge in [-0.05, 0) is 24.9 Å². The molecule has 1 aromatic carbocycles. The molecule has 1 fully saturated rings. The van der Waals surface area contributed by atoms with Crippen molar-refractivity contribution in [3.05, 3.63) is 47.0 Å². The van der Waals surface area contributed by atoms with E-state index in [9.17, 15) is 4.79 Å². The summed E-state index contributed by atoms with van der Waals surface area (Å²) in [4.78, 5) is 17.4. The number of thiazole rings is 1. The first-order chi connectivity index (χ1) is 10.3. The molecule has 3 rings (SSSR count). The van der Waals surface area contributed by atoms with Gasteiger partial charge in [0.1, 0.15) is 0 Å². The Morgan fingerprint density at radius 3 is 3.00 bits per heavy atom. The normalized spacial score (nSPS) is 17.8. The molecule has 110 valence electrons. The molecule has 21 heavy (non-hydrogen) atoms. The van der Waals surface area contributed by atoms with Crippen LogP contribution in [0.4, 0.5) is 5.13 Å². The van der Waals surface area contributed by atoms with E-state index in [4.69, 9.17) is 0 Å². The summed E-state index contributed by atoms with van der Waals surface area (Å²) in [6, 6.07) is 10.6. The summed E-state index contributed by atoms with van der Waals surface area (Å²) in [7, 11) is 0. The lowest BCUT2D eigenvalue weighted by molar-refractivity contribution is -0.116. The summed E-state index contributed by atoms with van der Waals surface area (Å²) in [5.41, 5.74) is 1.26. The fraction of sp³-hybridized carbons (Fsp3) is 0.375. The minimum absolute atomic E-state index is 0.0509. The number of carbonyl (C=O) groups is 1. The first kappa shape index (κ1) is 14.2. The number of benzene rings is 1. The van der Waals surface area contributed by atoms with Crippen molar-refractivity contribution >= 4 is 22.4 Å². The van der Waals surface area contributed by atoms with E-state index in [1.54, 1.807) is 11.3 Å². The molecular weight excluding hydrogens is 282 g/mol. The molecular formula is C16H19N3OS. The number of amides is 1. The Kier molecular flexibility index (Phi) is 4.62. The molecule has 1 unspecified atom stereocenters. The van der Waals surface area contributed by atoms with Crippen LogP contribution in [0.25, 0.3) is 0 Å². The molecule has 2 heterocycles. The summed E-state index contributed by atoms with van der Waals surface area (Å²) in [6.45, 7) is 1.02. The maximum absolute atomic E-state index is 12.0. The molecule has 1 aliphatic rings. The standard InChI is InChI=1S/C16H19N3OS/c20-15(10-13-7-4-8-17-13)19-16-18-11-14(21-16)9-12-5-2-1-3-6-12/h1-3,5-6,11,13,17H,4,7-10H2,(H,18,19,20). The van der Waals surface area contributed by atoms with Crippen LogP contribution in [0.5, 0.6) is 0 Å². The highest BCUT2D eigenvalue weighted by atomic mass is 32.1. The van der Waals surface area contributed by atoms with Crippen molar-refractivity contribution in [2.45, 2.75) is 31.7 Å². The molecule has 0 saturated carbocycles. The van der Waals surface area contributed by atoms with Crippen LogP contribution < -0.4 is 10.6 Å². The van der Waals surface area contributed by atoms with Crippen molar-refractivity contribution in [1.29, 1.82) is 0 Å². The molecule has 0 bridgehead atoms. The van der Waals surface area contributed by atoms with E-state index in [2.05, 4.69) is 27.8 Å². The second-order valence-electron chi connectivity index (χ2n) is 5.34. The Morgan fingerprint density at radius 1 is 1.38 bits per heavy atom. The van der Waals surface area contributed by atoms with Crippen LogP contribution >= 0.6 is 11.3 Å². The monoisotopic (exact) mass is 301 g/mol. The largest absolute Gasteiger partial charge is 0.313 e. The molecule has 0 aliphatic carbocycles. The van der Waals surface area contributed by atoms with Crippen LogP contribution in [-0.2, 0) is 11.2 Å². The zero-order valence-electron chi connectivity index (χ0n) is 11.8. The van der Waals surface area contributed by atoms with Crippen molar-refractivity contribution in [2.75, 3.05) is 11.9 Å². The summed E-state index contributed by atoms with van der Waals surface area (Å²) in [5, 5.41) is 6.93. The predicted octanol–water partition coefficient (Wildman–Crippen LogP) is 2.81. The van der Waals surface area contributed by atoms with E-state index in [0.717, 1.165) is 30.7 Å². The molecule has 0 radical (unpaired) electrons. The second-order valence-corrected chi connectivity index (χ2v) is 6.45. The molecule has 1 amide bonds. The number of hydrogen-bond acceptors (Lipinski definition) is 4. The Morgan fingerprint density at radius 2 is 2.24 bits per heavy atom. The van der Waals surface area contributed by atoms with Crippen LogP contribution in [-0.4, -0.2) is 23.5 Å². The highest BCUT2D eigenvalue weighted by molar-refractivity contribution is 7.15. The molecule has 1 saturated heterocycles. The highest BCUT2D eigenvalue weighted by Crippen LogP contribution is 2.21. The minimum atomic E-state index is 0.0509. The van der Waals surface area contributed by atoms with E-state index in [0.29, 0.717) is 17.6 Å². The van der Waals surface area contributed by atoms with Gasteiger partial charge in [0.15, 0.2) is 5.13 Å². The lowest BCUT2D eigenvalue weighted by Gasteiger charge is -2.08. The Hall–Kier alpha value is -1.72. The van der Waals surface area contributed by atoms with E-state index < -0.39 is 0 Å². The van der Waals surface area contributed by atoms with E-state index >= 15 is 0 Å². The quantitative estimate of drug-likeness (QED) is 0.893. The first-order valence-corrected chi connectivity index (χ1v) is 8.13. The fourth-order valence-corrected chi connectivity index (χ4v) is 3.43. The number of aromatic nitrogens is 1. The SMILES string of the molecule is O=C(CC1CCCN1)Nc1ncc(Cc2ccccc2)s1. The Balaban J connectivity index is 1.53. The third-order valence-electron chi connectivity index (χ3n) is 3.62. The maximum atomic E-state index is 12.0. The zero-order chi connectivity index (χ0) is 14.5. The molecule has 1 aromatic heterocycles. The van der Waals surface area contributed by atoms with Gasteiger partial charge in [0.05, 0.1) is 0 Å². The van der Waals surface area contributed by atoms with Crippen LogP contribution in [0.2, 0.25) is 0 Å². The summed E-state index contributed by atoms with van der Waals surface area (Å²) in [6.07, 6.45) is 5.49. The number of nitrogens with one attached hydrogen (secondary N) is 2. The number of hydrogen-bond donors (Lipinski definition) is 2. The third-order valence-corrected chi connectivity index (χ3v) is 4.53. The molecule has 1 atom stereocenters. The van der Waals surface area contributed by atoms with Gasteiger partial charge in [-0.3, -0.25) is 4.79 Å². The lowest BCUT2D eigenvalue weighted by Crippen LogP contribution is -2.27. The van der Waals surface area contributed by atoms with E-state index in [1.165, 1.54) is 5.56 Å². The van der Waals surface area contributed by atoms with E-state index in [-0.39, 0.29) is 5.91 Å². The molecule has 2 aromatic rings. The maximum Gasteiger partial charge on any atom is 0.227 e. The fourth-order valence-electron chi connectivity index (χ4n) is 2.57. The van der Waals surface area contributed by atoms with Gasteiger partial charge in [0.2, 0.25) is 5.91 Å². The highest BCUT2D eigenvalue weighted by Gasteiger charge is 2.18. The number of carbonyl (C=O) groups excluding carboxylic acids is 1. The topological polar surface area (TPSA) is 54.0 Å². The van der Waals surface area contributed by atoms with Crippen LogP contribution in [0.3, 0.4) is 0 Å². The lowest BCUT2D eigenvalue weighted by atomic mass is 10.1. The van der Waals surface area contributed by atoms with Gasteiger partial charge in [-0.2, -0.15) is 0 Å². The van der Waals surface area contributed by atoms with Gasteiger partial charge >= 0.3 is 0 Å². The average Bonchev–Trinajstić information content (AvgIpc) is 3.12. The number of anilines is 1. The van der Waals surface area contributed by atoms with Crippen molar-refractivity contribution in [3.63, 3.8) is 0 Å². The van der Waals surface area contributed by atoms with Gasteiger partial charge in [-0.1, -0.05) is 30.3 Å². The van der Waals surface area contributed by atoms with Crippen molar-refractivity contribution in [2.24, 2.45) is 0 Å². The van der Waals surface area contributed by atoms with Gasteiger partial charge in [-0.15, -0.1) is 11.3 Å². The summed E-state index contributed by atoms with van der Waals surface area (Å²) in [5.74, 6) is 0.0509. The number of nitrogens with zero attached hydrogens (tertiary/aromatic N) is 1. The smallest absolute Gasteiger partial charge is 0.227 e. The van der Waals surface area contributed by atoms with Crippen LogP contribution in [0, 0.1) is 0 Å². The molecule has 1 aliphatic heterocycles. The van der Waals surface area contributed by atoms with Gasteiger partial charge in [0.25, 0.3) is 0 Å². The first-order valence-electron chi connectivity index (χ1n) is 7.31. The molecule has 2 N–H and O–H groups in total. The third kappa shape index (κ3) is 4.12. The van der Waals surface area contributed by atoms with Crippen molar-refractivity contribution in [1.82, 2.24) is 10.3 Å². The average molecular weight is 301 g/mol.